The highest BCUT2D eigenvalue weighted by molar-refractivity contribution is 8.18. The molecule has 2 aromatic rings. The van der Waals surface area contributed by atoms with E-state index in [4.69, 9.17) is 9.84 Å². The van der Waals surface area contributed by atoms with Gasteiger partial charge < -0.3 is 9.84 Å². The molecule has 0 atom stereocenters. The lowest BCUT2D eigenvalue weighted by Crippen LogP contribution is -2.33. The smallest absolute Gasteiger partial charge is 0.323 e. The number of para-hydroxylation sites is 1. The number of nitrogens with zero attached hydrogens (tertiary/aromatic N) is 1. The van der Waals surface area contributed by atoms with Gasteiger partial charge in [0.1, 0.15) is 24.7 Å². The summed E-state index contributed by atoms with van der Waals surface area (Å²) in [7, 11) is 0. The summed E-state index contributed by atoms with van der Waals surface area (Å²) in [6.45, 7) is -0.553. The monoisotopic (exact) mass is 387 g/mol. The zero-order chi connectivity index (χ0) is 19.4. The van der Waals surface area contributed by atoms with E-state index in [2.05, 4.69) is 0 Å². The number of ether oxygens (including phenoxy) is 1. The number of carbonyl (C=O) groups is 3. The SMILES string of the molecule is O=C(O)CN1C(=O)SC(=Cc2ccccc2OCc2cccc(F)c2)C1=O. The molecule has 27 heavy (non-hydrogen) atoms. The Hall–Kier alpha value is -3.13. The molecule has 1 aliphatic rings. The number of thioether (sulfide) groups is 1. The van der Waals surface area contributed by atoms with E-state index in [0.717, 1.165) is 0 Å². The zero-order valence-electron chi connectivity index (χ0n) is 13.9. The highest BCUT2D eigenvalue weighted by atomic mass is 32.2. The number of hydrogen-bond acceptors (Lipinski definition) is 5. The molecule has 0 aromatic heterocycles. The summed E-state index contributed by atoms with van der Waals surface area (Å²) >= 11 is 0.674. The van der Waals surface area contributed by atoms with Gasteiger partial charge in [-0.25, -0.2) is 4.39 Å². The van der Waals surface area contributed by atoms with Crippen LogP contribution in [0.1, 0.15) is 11.1 Å². The van der Waals surface area contributed by atoms with Crippen LogP contribution in [0.5, 0.6) is 5.75 Å². The fourth-order valence-electron chi connectivity index (χ4n) is 2.43. The predicted octanol–water partition coefficient (Wildman–Crippen LogP) is 3.53. The molecule has 1 aliphatic heterocycles. The lowest BCUT2D eigenvalue weighted by molar-refractivity contribution is -0.140. The van der Waals surface area contributed by atoms with E-state index in [-0.39, 0.29) is 17.3 Å². The van der Waals surface area contributed by atoms with Crippen LogP contribution in [0.15, 0.2) is 53.4 Å². The Bertz CT molecular complexity index is 943. The Balaban J connectivity index is 1.80. The van der Waals surface area contributed by atoms with E-state index in [9.17, 15) is 18.8 Å². The predicted molar refractivity (Wildman–Crippen MR) is 97.5 cm³/mol. The van der Waals surface area contributed by atoms with Crippen molar-refractivity contribution in [2.45, 2.75) is 6.61 Å². The molecule has 0 unspecified atom stereocenters. The molecule has 1 N–H and O–H groups in total. The maximum Gasteiger partial charge on any atom is 0.323 e. The van der Waals surface area contributed by atoms with Crippen molar-refractivity contribution < 1.29 is 28.6 Å². The number of carboxylic acid groups (broad SMARTS) is 1. The van der Waals surface area contributed by atoms with Crippen molar-refractivity contribution in [3.8, 4) is 5.75 Å². The van der Waals surface area contributed by atoms with Gasteiger partial charge in [-0.05, 0) is 41.6 Å². The van der Waals surface area contributed by atoms with Gasteiger partial charge in [-0.1, -0.05) is 30.3 Å². The average molecular weight is 387 g/mol. The Morgan fingerprint density at radius 3 is 2.70 bits per heavy atom. The van der Waals surface area contributed by atoms with E-state index in [1.807, 2.05) is 0 Å². The number of hydrogen-bond donors (Lipinski definition) is 1. The highest BCUT2D eigenvalue weighted by Crippen LogP contribution is 2.33. The normalized spacial score (nSPS) is 15.4. The number of amides is 2. The first kappa shape index (κ1) is 18.7. The van der Waals surface area contributed by atoms with Gasteiger partial charge >= 0.3 is 5.97 Å². The third-order valence-electron chi connectivity index (χ3n) is 3.66. The van der Waals surface area contributed by atoms with E-state index in [1.54, 1.807) is 36.4 Å². The van der Waals surface area contributed by atoms with E-state index < -0.39 is 23.7 Å². The molecule has 2 amide bonds. The molecule has 1 fully saturated rings. The second-order valence-electron chi connectivity index (χ2n) is 5.62. The summed E-state index contributed by atoms with van der Waals surface area (Å²) < 4.78 is 19.0. The van der Waals surface area contributed by atoms with Gasteiger partial charge in [-0.15, -0.1) is 0 Å². The summed E-state index contributed by atoms with van der Waals surface area (Å²) in [5.41, 5.74) is 1.20. The van der Waals surface area contributed by atoms with Crippen LogP contribution in [-0.2, 0) is 16.2 Å². The maximum absolute atomic E-state index is 13.3. The van der Waals surface area contributed by atoms with Crippen molar-refractivity contribution in [3.63, 3.8) is 0 Å². The molecular formula is C19H14FNO5S. The Morgan fingerprint density at radius 1 is 1.19 bits per heavy atom. The molecule has 1 heterocycles. The quantitative estimate of drug-likeness (QED) is 0.764. The summed E-state index contributed by atoms with van der Waals surface area (Å²) in [4.78, 5) is 35.7. The number of rotatable bonds is 6. The molecule has 8 heteroatoms. The molecular weight excluding hydrogens is 373 g/mol. The summed E-state index contributed by atoms with van der Waals surface area (Å²) in [5, 5.41) is 8.17. The van der Waals surface area contributed by atoms with Crippen LogP contribution in [0.2, 0.25) is 0 Å². The molecule has 3 rings (SSSR count). The van der Waals surface area contributed by atoms with Crippen LogP contribution in [-0.4, -0.2) is 33.7 Å². The van der Waals surface area contributed by atoms with E-state index in [0.29, 0.717) is 33.5 Å². The van der Waals surface area contributed by atoms with Gasteiger partial charge in [-0.3, -0.25) is 19.3 Å². The fourth-order valence-corrected chi connectivity index (χ4v) is 3.26. The number of aliphatic carboxylic acids is 1. The third kappa shape index (κ3) is 4.53. The van der Waals surface area contributed by atoms with Gasteiger partial charge in [-0.2, -0.15) is 0 Å². The van der Waals surface area contributed by atoms with Crippen LogP contribution >= 0.6 is 11.8 Å². The van der Waals surface area contributed by atoms with Gasteiger partial charge in [0.15, 0.2) is 0 Å². The molecule has 0 saturated carbocycles. The minimum Gasteiger partial charge on any atom is -0.488 e. The molecule has 138 valence electrons. The second kappa shape index (κ2) is 8.05. The second-order valence-corrected chi connectivity index (χ2v) is 6.61. The first-order valence-corrected chi connectivity index (χ1v) is 8.69. The molecule has 0 radical (unpaired) electrons. The summed E-state index contributed by atoms with van der Waals surface area (Å²) in [6.07, 6.45) is 1.48. The summed E-state index contributed by atoms with van der Waals surface area (Å²) in [5.74, 6) is -1.84. The maximum atomic E-state index is 13.3. The molecule has 0 bridgehead atoms. The van der Waals surface area contributed by atoms with Crippen molar-refractivity contribution >= 4 is 35.0 Å². The number of carbonyl (C=O) groups excluding carboxylic acids is 2. The Morgan fingerprint density at radius 2 is 1.96 bits per heavy atom. The topological polar surface area (TPSA) is 83.9 Å². The fraction of sp³-hybridized carbons (Fsp3) is 0.105. The third-order valence-corrected chi connectivity index (χ3v) is 4.56. The van der Waals surface area contributed by atoms with Gasteiger partial charge in [0.05, 0.1) is 4.91 Å². The molecule has 0 aliphatic carbocycles. The molecule has 0 spiro atoms. The van der Waals surface area contributed by atoms with E-state index in [1.165, 1.54) is 18.2 Å². The van der Waals surface area contributed by atoms with Crippen LogP contribution in [0.25, 0.3) is 6.08 Å². The van der Waals surface area contributed by atoms with Crippen LogP contribution < -0.4 is 4.74 Å². The van der Waals surface area contributed by atoms with Crippen LogP contribution in [0, 0.1) is 5.82 Å². The highest BCUT2D eigenvalue weighted by Gasteiger charge is 2.36. The first-order valence-electron chi connectivity index (χ1n) is 7.87. The van der Waals surface area contributed by atoms with E-state index >= 15 is 0 Å². The van der Waals surface area contributed by atoms with Gasteiger partial charge in [0.25, 0.3) is 11.1 Å². The summed E-state index contributed by atoms with van der Waals surface area (Å²) in [6, 6.07) is 12.9. The van der Waals surface area contributed by atoms with Crippen molar-refractivity contribution in [2.75, 3.05) is 6.54 Å². The number of halogens is 1. The first-order chi connectivity index (χ1) is 12.9. The zero-order valence-corrected chi connectivity index (χ0v) is 14.7. The average Bonchev–Trinajstić information content (AvgIpc) is 2.88. The molecule has 6 nitrogen and oxygen atoms in total. The standard InChI is InChI=1S/C19H14FNO5S/c20-14-6-3-4-12(8-14)11-26-15-7-2-1-5-13(15)9-16-18(24)21(10-17(22)23)19(25)27-16/h1-9H,10-11H2,(H,22,23). The Labute approximate surface area is 158 Å². The van der Waals surface area contributed by atoms with Crippen molar-refractivity contribution in [3.05, 3.63) is 70.4 Å². The lowest BCUT2D eigenvalue weighted by atomic mass is 10.1. The molecule has 1 saturated heterocycles. The van der Waals surface area contributed by atoms with Crippen LogP contribution in [0.4, 0.5) is 9.18 Å². The number of carboxylic acids is 1. The largest absolute Gasteiger partial charge is 0.488 e. The van der Waals surface area contributed by atoms with Gasteiger partial charge in [0, 0.05) is 5.56 Å². The van der Waals surface area contributed by atoms with Crippen molar-refractivity contribution in [2.24, 2.45) is 0 Å². The number of imide groups is 1. The van der Waals surface area contributed by atoms with Crippen molar-refractivity contribution in [1.82, 2.24) is 4.90 Å². The molecule has 2 aromatic carbocycles. The minimum atomic E-state index is -1.27. The van der Waals surface area contributed by atoms with Crippen LogP contribution in [0.3, 0.4) is 0 Å². The Kier molecular flexibility index (Phi) is 5.56. The number of benzene rings is 2. The van der Waals surface area contributed by atoms with Crippen molar-refractivity contribution in [1.29, 1.82) is 0 Å². The minimum absolute atomic E-state index is 0.114. The lowest BCUT2D eigenvalue weighted by Gasteiger charge is -2.10. The van der Waals surface area contributed by atoms with Gasteiger partial charge in [0.2, 0.25) is 0 Å².